The molecule has 2 N–H and O–H groups in total. The molecule has 4 bridgehead atoms. The lowest BCUT2D eigenvalue weighted by atomic mass is 10.1. The Balaban J connectivity index is 1.14. The molecule has 0 saturated heterocycles. The topological polar surface area (TPSA) is 137 Å². The van der Waals surface area contributed by atoms with E-state index in [0.717, 1.165) is 40.8 Å². The quantitative estimate of drug-likeness (QED) is 0.0936. The smallest absolute Gasteiger partial charge is 0.311 e. The van der Waals surface area contributed by atoms with Gasteiger partial charge in [-0.15, -0.1) is 0 Å². The largest absolute Gasteiger partial charge is 0.424 e. The van der Waals surface area contributed by atoms with Crippen molar-refractivity contribution in [1.82, 2.24) is 9.97 Å². The second-order valence-corrected chi connectivity index (χ2v) is 12.6. The molecule has 2 aromatic heterocycles. The number of hydrogen-bond acceptors (Lipinski definition) is 8. The van der Waals surface area contributed by atoms with Crippen molar-refractivity contribution in [2.24, 2.45) is 0 Å². The van der Waals surface area contributed by atoms with Crippen LogP contribution in [0, 0.1) is 0 Å². The number of aromatic nitrogens is 2. The van der Waals surface area contributed by atoms with Crippen LogP contribution in [0.15, 0.2) is 84.9 Å². The number of benzene rings is 4. The van der Waals surface area contributed by atoms with Crippen LogP contribution in [-0.2, 0) is 19.2 Å². The summed E-state index contributed by atoms with van der Waals surface area (Å²) < 4.78 is 11.5. The Labute approximate surface area is 288 Å². The van der Waals surface area contributed by atoms with Gasteiger partial charge in [-0.05, 0) is 55.7 Å². The van der Waals surface area contributed by atoms with E-state index in [4.69, 9.17) is 19.4 Å². The molecule has 0 aliphatic carbocycles. The lowest BCUT2D eigenvalue weighted by molar-refractivity contribution is -0.135. The zero-order valence-electron chi connectivity index (χ0n) is 27.5. The van der Waals surface area contributed by atoms with Crippen LogP contribution in [0.3, 0.4) is 0 Å². The van der Waals surface area contributed by atoms with Gasteiger partial charge in [-0.2, -0.15) is 0 Å². The molecule has 2 amide bonds. The second kappa shape index (κ2) is 14.7. The van der Waals surface area contributed by atoms with E-state index in [0.29, 0.717) is 64.2 Å². The summed E-state index contributed by atoms with van der Waals surface area (Å²) >= 11 is 0. The molecule has 0 radical (unpaired) electrons. The summed E-state index contributed by atoms with van der Waals surface area (Å²) in [5.41, 5.74) is 3.27. The van der Waals surface area contributed by atoms with Crippen molar-refractivity contribution < 1.29 is 28.7 Å². The molecule has 7 rings (SSSR count). The number of nitrogens with zero attached hydrogens (tertiary/aromatic N) is 2. The average molecular weight is 669 g/mol. The molecular formula is C40H36N4O6. The standard InChI is InChI=1S/C40H36N4O6/c45-33-19-10-20-34(46)42-30-16-7-12-26-24-28-14-9-18-32(40(28)44-38(26)30)50-36(48)22-5-3-1-2-4-21-35(47)49-31-17-8-13-27-23-25-11-6-15-29(41-33)37(25)43-39(27)31/h6-9,11-18,23-24H,1-5,10,19-22H2,(H,41,45)(H,42,46). The van der Waals surface area contributed by atoms with Gasteiger partial charge in [-0.25, -0.2) is 9.97 Å². The van der Waals surface area contributed by atoms with Gasteiger partial charge in [0.25, 0.3) is 0 Å². The van der Waals surface area contributed by atoms with E-state index in [2.05, 4.69) is 10.6 Å². The SMILES string of the molecule is O=C1CCCC(=O)Nc2cccc3cc4cccc(c4nc23)OC(=O)CCCCCCCC(=O)Oc2cccc3cc4cccc(c4nc23)N1. The highest BCUT2D eigenvalue weighted by atomic mass is 16.5. The molecule has 50 heavy (non-hydrogen) atoms. The van der Waals surface area contributed by atoms with Crippen molar-refractivity contribution in [3.05, 3.63) is 84.9 Å². The third kappa shape index (κ3) is 7.39. The molecule has 3 heterocycles. The normalized spacial score (nSPS) is 16.0. The van der Waals surface area contributed by atoms with E-state index in [1.807, 2.05) is 60.7 Å². The Kier molecular flexibility index (Phi) is 9.59. The van der Waals surface area contributed by atoms with Crippen LogP contribution in [0.25, 0.3) is 43.6 Å². The van der Waals surface area contributed by atoms with E-state index in [1.165, 1.54) is 0 Å². The lowest BCUT2D eigenvalue weighted by Crippen LogP contribution is -2.15. The van der Waals surface area contributed by atoms with Gasteiger partial charge in [-0.3, -0.25) is 19.2 Å². The third-order valence-electron chi connectivity index (χ3n) is 8.83. The van der Waals surface area contributed by atoms with Crippen molar-refractivity contribution in [2.75, 3.05) is 10.6 Å². The van der Waals surface area contributed by atoms with Gasteiger partial charge < -0.3 is 20.1 Å². The Bertz CT molecular complexity index is 2130. The molecule has 6 aromatic rings. The number of para-hydroxylation sites is 4. The molecule has 0 spiro atoms. The Hall–Kier alpha value is -5.90. The summed E-state index contributed by atoms with van der Waals surface area (Å²) in [6, 6.07) is 25.9. The van der Waals surface area contributed by atoms with Gasteiger partial charge in [-0.1, -0.05) is 67.8 Å². The maximum atomic E-state index is 13.0. The molecule has 10 nitrogen and oxygen atoms in total. The van der Waals surface area contributed by atoms with Crippen LogP contribution in [0.4, 0.5) is 11.4 Å². The van der Waals surface area contributed by atoms with Crippen molar-refractivity contribution in [3.8, 4) is 11.5 Å². The highest BCUT2D eigenvalue weighted by Crippen LogP contribution is 2.32. The Morgan fingerprint density at radius 3 is 1.30 bits per heavy atom. The van der Waals surface area contributed by atoms with Gasteiger partial charge in [0.1, 0.15) is 11.0 Å². The number of ether oxygens (including phenoxy) is 2. The van der Waals surface area contributed by atoms with Crippen molar-refractivity contribution >= 4 is 78.7 Å². The molecule has 252 valence electrons. The summed E-state index contributed by atoms with van der Waals surface area (Å²) in [5, 5.41) is 9.18. The van der Waals surface area contributed by atoms with Crippen LogP contribution in [-0.4, -0.2) is 33.7 Å². The van der Waals surface area contributed by atoms with Crippen LogP contribution in [0.5, 0.6) is 11.5 Å². The molecule has 4 aromatic carbocycles. The van der Waals surface area contributed by atoms with Crippen LogP contribution in [0.2, 0.25) is 0 Å². The third-order valence-corrected chi connectivity index (χ3v) is 8.83. The number of anilines is 2. The number of carbonyl (C=O) groups is 4. The van der Waals surface area contributed by atoms with E-state index >= 15 is 0 Å². The Morgan fingerprint density at radius 2 is 0.840 bits per heavy atom. The maximum absolute atomic E-state index is 13.0. The van der Waals surface area contributed by atoms with Gasteiger partial charge in [0.05, 0.1) is 22.4 Å². The van der Waals surface area contributed by atoms with Crippen molar-refractivity contribution in [3.63, 3.8) is 0 Å². The summed E-state index contributed by atoms with van der Waals surface area (Å²) in [5.74, 6) is -0.460. The van der Waals surface area contributed by atoms with Crippen molar-refractivity contribution in [2.45, 2.75) is 64.2 Å². The van der Waals surface area contributed by atoms with E-state index < -0.39 is 0 Å². The van der Waals surface area contributed by atoms with Crippen LogP contribution >= 0.6 is 0 Å². The average Bonchev–Trinajstić information content (AvgIpc) is 3.10. The first-order valence-corrected chi connectivity index (χ1v) is 17.1. The number of carbonyl (C=O) groups excluding carboxylic acids is 4. The van der Waals surface area contributed by atoms with Crippen LogP contribution in [0.1, 0.15) is 64.2 Å². The van der Waals surface area contributed by atoms with Crippen molar-refractivity contribution in [1.29, 1.82) is 0 Å². The predicted molar refractivity (Wildman–Crippen MR) is 193 cm³/mol. The summed E-state index contributed by atoms with van der Waals surface area (Å²) in [7, 11) is 0. The van der Waals surface area contributed by atoms with E-state index in [1.54, 1.807) is 24.3 Å². The Morgan fingerprint density at radius 1 is 0.440 bits per heavy atom. The zero-order valence-corrected chi connectivity index (χ0v) is 27.5. The number of pyridine rings is 2. The molecule has 1 aliphatic rings. The highest BCUT2D eigenvalue weighted by molar-refractivity contribution is 6.06. The van der Waals surface area contributed by atoms with Gasteiger partial charge >= 0.3 is 11.9 Å². The van der Waals surface area contributed by atoms with Gasteiger partial charge in [0.15, 0.2) is 11.5 Å². The first-order chi connectivity index (χ1) is 24.4. The number of nitrogens with one attached hydrogen (secondary N) is 2. The fourth-order valence-electron chi connectivity index (χ4n) is 6.33. The highest BCUT2D eigenvalue weighted by Gasteiger charge is 2.16. The first kappa shape index (κ1) is 32.6. The molecular weight excluding hydrogens is 632 g/mol. The molecule has 0 fully saturated rings. The number of amides is 2. The van der Waals surface area contributed by atoms with Gasteiger partial charge in [0.2, 0.25) is 11.8 Å². The minimum absolute atomic E-state index is 0.118. The minimum atomic E-state index is -0.342. The number of esters is 2. The van der Waals surface area contributed by atoms with Gasteiger partial charge in [0, 0.05) is 47.2 Å². The fourth-order valence-corrected chi connectivity index (χ4v) is 6.33. The molecule has 0 unspecified atom stereocenters. The minimum Gasteiger partial charge on any atom is -0.424 e. The maximum Gasteiger partial charge on any atom is 0.311 e. The predicted octanol–water partition coefficient (Wildman–Crippen LogP) is 8.39. The fraction of sp³-hybridized carbons (Fsp3) is 0.250. The summed E-state index contributed by atoms with van der Waals surface area (Å²) in [4.78, 5) is 61.4. The first-order valence-electron chi connectivity index (χ1n) is 17.1. The van der Waals surface area contributed by atoms with E-state index in [9.17, 15) is 19.2 Å². The zero-order chi connectivity index (χ0) is 34.5. The molecule has 0 atom stereocenters. The summed E-state index contributed by atoms with van der Waals surface area (Å²) in [6.07, 6.45) is 4.92. The van der Waals surface area contributed by atoms with Crippen LogP contribution < -0.4 is 20.1 Å². The monoisotopic (exact) mass is 668 g/mol. The summed E-state index contributed by atoms with van der Waals surface area (Å²) in [6.45, 7) is 0. The molecule has 10 heteroatoms. The second-order valence-electron chi connectivity index (χ2n) is 12.6. The molecule has 0 saturated carbocycles. The molecule has 1 aliphatic heterocycles. The lowest BCUT2D eigenvalue weighted by Gasteiger charge is -2.12. The van der Waals surface area contributed by atoms with E-state index in [-0.39, 0.29) is 49.4 Å². The number of rotatable bonds is 0. The number of hydrogen-bond donors (Lipinski definition) is 2.